The summed E-state index contributed by atoms with van der Waals surface area (Å²) in [5, 5.41) is 19.6. The van der Waals surface area contributed by atoms with Crippen LogP contribution in [0.15, 0.2) is 18.2 Å². The molecule has 4 heteroatoms. The van der Waals surface area contributed by atoms with Crippen molar-refractivity contribution in [3.63, 3.8) is 0 Å². The van der Waals surface area contributed by atoms with Crippen LogP contribution in [0.5, 0.6) is 0 Å². The van der Waals surface area contributed by atoms with Crippen molar-refractivity contribution in [2.45, 2.75) is 26.7 Å². The lowest BCUT2D eigenvalue weighted by Crippen LogP contribution is -2.34. The molecule has 0 saturated carbocycles. The minimum Gasteiger partial charge on any atom is -0.396 e. The highest BCUT2D eigenvalue weighted by atomic mass is 35.5. The Morgan fingerprint density at radius 1 is 1.28 bits per heavy atom. The third kappa shape index (κ3) is 3.94. The van der Waals surface area contributed by atoms with E-state index in [9.17, 15) is 14.6 Å². The summed E-state index contributed by atoms with van der Waals surface area (Å²) in [4.78, 5) is 0. The molecule has 0 bridgehead atoms. The van der Waals surface area contributed by atoms with E-state index in [1.165, 1.54) is 18.2 Å². The van der Waals surface area contributed by atoms with Crippen molar-refractivity contribution in [2.75, 3.05) is 13.2 Å². The van der Waals surface area contributed by atoms with Crippen LogP contribution < -0.4 is 0 Å². The highest BCUT2D eigenvalue weighted by molar-refractivity contribution is 6.31. The van der Waals surface area contributed by atoms with Crippen LogP contribution in [0.25, 0.3) is 0 Å². The molecule has 0 atom stereocenters. The zero-order valence-electron chi connectivity index (χ0n) is 10.8. The van der Waals surface area contributed by atoms with Crippen molar-refractivity contribution in [1.82, 2.24) is 0 Å². The third-order valence-corrected chi connectivity index (χ3v) is 3.45. The van der Waals surface area contributed by atoms with E-state index in [1.807, 2.05) is 13.8 Å². The average Bonchev–Trinajstić information content (AvgIpc) is 2.32. The Balaban J connectivity index is 2.98. The van der Waals surface area contributed by atoms with Gasteiger partial charge in [-0.1, -0.05) is 25.4 Å². The number of aliphatic hydroxyl groups excluding tert-OH is 2. The summed E-state index contributed by atoms with van der Waals surface area (Å²) in [6.07, 6.45) is 1.03. The van der Waals surface area contributed by atoms with Gasteiger partial charge >= 0.3 is 0 Å². The topological polar surface area (TPSA) is 40.5 Å². The molecule has 0 spiro atoms. The minimum atomic E-state index is -0.647. The fourth-order valence-electron chi connectivity index (χ4n) is 2.31. The number of aliphatic hydroxyl groups is 2. The summed E-state index contributed by atoms with van der Waals surface area (Å²) < 4.78 is 13.2. The van der Waals surface area contributed by atoms with E-state index in [0.717, 1.165) is 0 Å². The Hall–Kier alpha value is -0.640. The van der Waals surface area contributed by atoms with Crippen LogP contribution in [0.1, 0.15) is 25.8 Å². The number of rotatable bonds is 6. The zero-order valence-corrected chi connectivity index (χ0v) is 11.5. The Morgan fingerprint density at radius 2 is 1.89 bits per heavy atom. The molecule has 0 amide bonds. The monoisotopic (exact) mass is 274 g/mol. The van der Waals surface area contributed by atoms with Crippen LogP contribution in [-0.2, 0) is 6.42 Å². The van der Waals surface area contributed by atoms with Gasteiger partial charge in [-0.2, -0.15) is 0 Å². The number of hydrogen-bond acceptors (Lipinski definition) is 2. The number of halogens is 2. The molecule has 0 radical (unpaired) electrons. The summed E-state index contributed by atoms with van der Waals surface area (Å²) in [5.41, 5.74) is -0.0218. The highest BCUT2D eigenvalue weighted by Crippen LogP contribution is 2.32. The maximum atomic E-state index is 13.2. The van der Waals surface area contributed by atoms with Gasteiger partial charge in [-0.25, -0.2) is 4.39 Å². The first kappa shape index (κ1) is 15.4. The van der Waals surface area contributed by atoms with Gasteiger partial charge in [0.1, 0.15) is 5.82 Å². The van der Waals surface area contributed by atoms with E-state index in [0.29, 0.717) is 29.3 Å². The standard InChI is InChI=1S/C14H20ClFO2/c1-10(2)6-14(8-17,9-18)7-11-5-12(16)3-4-13(11)15/h3-5,10,17-18H,6-9H2,1-2H3. The third-order valence-electron chi connectivity index (χ3n) is 3.09. The van der Waals surface area contributed by atoms with Gasteiger partial charge in [-0.05, 0) is 42.5 Å². The van der Waals surface area contributed by atoms with Crippen LogP contribution >= 0.6 is 11.6 Å². The molecule has 18 heavy (non-hydrogen) atoms. The van der Waals surface area contributed by atoms with Crippen LogP contribution in [-0.4, -0.2) is 23.4 Å². The molecule has 1 aromatic rings. The molecule has 0 saturated heterocycles. The van der Waals surface area contributed by atoms with E-state index < -0.39 is 5.41 Å². The summed E-state index contributed by atoms with van der Waals surface area (Å²) in [6.45, 7) is 3.75. The lowest BCUT2D eigenvalue weighted by molar-refractivity contribution is 0.0369. The molecule has 0 aromatic heterocycles. The van der Waals surface area contributed by atoms with Crippen LogP contribution in [0.3, 0.4) is 0 Å². The quantitative estimate of drug-likeness (QED) is 0.837. The second-order valence-electron chi connectivity index (χ2n) is 5.33. The lowest BCUT2D eigenvalue weighted by Gasteiger charge is -2.32. The van der Waals surface area contributed by atoms with E-state index in [4.69, 9.17) is 11.6 Å². The first-order valence-electron chi connectivity index (χ1n) is 6.08. The van der Waals surface area contributed by atoms with Gasteiger partial charge in [0.2, 0.25) is 0 Å². The SMILES string of the molecule is CC(C)CC(CO)(CO)Cc1cc(F)ccc1Cl. The maximum absolute atomic E-state index is 13.2. The summed E-state index contributed by atoms with van der Waals surface area (Å²) in [5.74, 6) is -0.0274. The van der Waals surface area contributed by atoms with Gasteiger partial charge < -0.3 is 10.2 Å². The molecule has 0 fully saturated rings. The number of benzene rings is 1. The Morgan fingerprint density at radius 3 is 2.39 bits per heavy atom. The van der Waals surface area contributed by atoms with Crippen LogP contribution in [0.4, 0.5) is 4.39 Å². The van der Waals surface area contributed by atoms with E-state index >= 15 is 0 Å². The molecule has 2 N–H and O–H groups in total. The molecule has 0 heterocycles. The molecule has 0 aliphatic heterocycles. The maximum Gasteiger partial charge on any atom is 0.123 e. The van der Waals surface area contributed by atoms with Gasteiger partial charge in [0.05, 0.1) is 13.2 Å². The van der Waals surface area contributed by atoms with Gasteiger partial charge in [-0.3, -0.25) is 0 Å². The fraction of sp³-hybridized carbons (Fsp3) is 0.571. The van der Waals surface area contributed by atoms with Crippen molar-refractivity contribution < 1.29 is 14.6 Å². The first-order valence-corrected chi connectivity index (χ1v) is 6.46. The lowest BCUT2D eigenvalue weighted by atomic mass is 9.76. The van der Waals surface area contributed by atoms with Crippen molar-refractivity contribution in [2.24, 2.45) is 11.3 Å². The fourth-order valence-corrected chi connectivity index (χ4v) is 2.50. The van der Waals surface area contributed by atoms with Gasteiger partial charge in [0, 0.05) is 10.4 Å². The molecule has 1 aromatic carbocycles. The smallest absolute Gasteiger partial charge is 0.123 e. The van der Waals surface area contributed by atoms with Crippen molar-refractivity contribution >= 4 is 11.6 Å². The highest BCUT2D eigenvalue weighted by Gasteiger charge is 2.30. The van der Waals surface area contributed by atoms with E-state index in [-0.39, 0.29) is 19.0 Å². The molecule has 102 valence electrons. The second-order valence-corrected chi connectivity index (χ2v) is 5.73. The molecule has 0 aliphatic rings. The largest absolute Gasteiger partial charge is 0.396 e. The van der Waals surface area contributed by atoms with Crippen molar-refractivity contribution in [1.29, 1.82) is 0 Å². The summed E-state index contributed by atoms with van der Waals surface area (Å²) in [7, 11) is 0. The predicted molar refractivity (Wildman–Crippen MR) is 71.2 cm³/mol. The van der Waals surface area contributed by atoms with E-state index in [2.05, 4.69) is 0 Å². The Bertz CT molecular complexity index is 389. The normalized spacial score (nSPS) is 12.2. The summed E-state index contributed by atoms with van der Waals surface area (Å²) in [6, 6.07) is 4.16. The Kier molecular flexibility index (Phi) is 5.57. The molecular weight excluding hydrogens is 255 g/mol. The van der Waals surface area contributed by atoms with Crippen molar-refractivity contribution in [3.05, 3.63) is 34.6 Å². The van der Waals surface area contributed by atoms with Gasteiger partial charge in [0.25, 0.3) is 0 Å². The predicted octanol–water partition coefficient (Wildman–Crippen LogP) is 3.04. The first-order chi connectivity index (χ1) is 8.42. The molecule has 2 nitrogen and oxygen atoms in total. The average molecular weight is 275 g/mol. The molecule has 0 unspecified atom stereocenters. The van der Waals surface area contributed by atoms with Gasteiger partial charge in [-0.15, -0.1) is 0 Å². The Labute approximate surface area is 112 Å². The second kappa shape index (κ2) is 6.50. The molecular formula is C14H20ClFO2. The zero-order chi connectivity index (χ0) is 13.8. The molecule has 1 rings (SSSR count). The van der Waals surface area contributed by atoms with E-state index in [1.54, 1.807) is 0 Å². The van der Waals surface area contributed by atoms with Crippen LogP contribution in [0, 0.1) is 17.2 Å². The summed E-state index contributed by atoms with van der Waals surface area (Å²) >= 11 is 6.02. The number of hydrogen-bond donors (Lipinski definition) is 2. The van der Waals surface area contributed by atoms with Gasteiger partial charge in [0.15, 0.2) is 0 Å². The van der Waals surface area contributed by atoms with Crippen LogP contribution in [0.2, 0.25) is 5.02 Å². The minimum absolute atomic E-state index is 0.144. The van der Waals surface area contributed by atoms with Crippen molar-refractivity contribution in [3.8, 4) is 0 Å². The molecule has 0 aliphatic carbocycles.